The van der Waals surface area contributed by atoms with E-state index >= 15 is 0 Å². The molecule has 218 valence electrons. The summed E-state index contributed by atoms with van der Waals surface area (Å²) in [5.41, 5.74) is -0.900. The number of carboxylic acids is 1. The third-order valence-electron chi connectivity index (χ3n) is 7.12. The molecular weight excluding hydrogens is 596 g/mol. The molecule has 1 aliphatic rings. The Morgan fingerprint density at radius 2 is 1.81 bits per heavy atom. The minimum Gasteiger partial charge on any atom is -0.481 e. The van der Waals surface area contributed by atoms with Gasteiger partial charge in [0.1, 0.15) is 11.6 Å². The molecule has 1 atom stereocenters. The maximum absolute atomic E-state index is 14.5. The predicted octanol–water partition coefficient (Wildman–Crippen LogP) is 7.35. The van der Waals surface area contributed by atoms with Crippen LogP contribution >= 0.6 is 22.9 Å². The number of carboxylic acid groups (broad SMARTS) is 1. The number of carbonyl (C=O) groups excluding carboxylic acids is 1. The highest BCUT2D eigenvalue weighted by Gasteiger charge is 2.35. The average Bonchev–Trinajstić information content (AvgIpc) is 3.41. The Morgan fingerprint density at radius 1 is 1.10 bits per heavy atom. The fourth-order valence-corrected chi connectivity index (χ4v) is 6.07. The van der Waals surface area contributed by atoms with Crippen molar-refractivity contribution >= 4 is 45.8 Å². The monoisotopic (exact) mass is 618 g/mol. The molecule has 5 rings (SSSR count). The molecule has 42 heavy (non-hydrogen) atoms. The molecule has 4 aromatic rings. The van der Waals surface area contributed by atoms with E-state index in [-0.39, 0.29) is 32.9 Å². The van der Waals surface area contributed by atoms with Gasteiger partial charge in [0.2, 0.25) is 0 Å². The number of benzene rings is 2. The van der Waals surface area contributed by atoms with Crippen LogP contribution in [0, 0.1) is 11.7 Å². The van der Waals surface area contributed by atoms with Crippen molar-refractivity contribution in [1.29, 1.82) is 0 Å². The van der Waals surface area contributed by atoms with Gasteiger partial charge >= 0.3 is 12.1 Å². The molecule has 0 spiro atoms. The number of carbonyl (C=O) groups is 2. The van der Waals surface area contributed by atoms with Gasteiger partial charge in [0.25, 0.3) is 5.91 Å². The highest BCUT2D eigenvalue weighted by molar-refractivity contribution is 7.14. The number of nitrogens with one attached hydrogen (secondary N) is 1. The van der Waals surface area contributed by atoms with Crippen LogP contribution in [0.25, 0.3) is 11.3 Å². The summed E-state index contributed by atoms with van der Waals surface area (Å²) in [6.45, 7) is 1.07. The van der Waals surface area contributed by atoms with Crippen LogP contribution in [0.15, 0.2) is 66.2 Å². The Balaban J connectivity index is 1.24. The zero-order valence-corrected chi connectivity index (χ0v) is 23.3. The van der Waals surface area contributed by atoms with Crippen molar-refractivity contribution in [2.24, 2.45) is 5.92 Å². The molecule has 2 aromatic carbocycles. The second-order valence-corrected chi connectivity index (χ2v) is 11.0. The number of alkyl halides is 3. The Labute approximate surface area is 246 Å². The number of aliphatic carboxylic acids is 1. The van der Waals surface area contributed by atoms with E-state index in [1.807, 2.05) is 35.2 Å². The van der Waals surface area contributed by atoms with E-state index in [1.54, 1.807) is 0 Å². The minimum atomic E-state index is -4.86. The molecule has 1 saturated heterocycles. The number of anilines is 2. The summed E-state index contributed by atoms with van der Waals surface area (Å²) in [4.78, 5) is 35.3. The maximum atomic E-state index is 14.5. The van der Waals surface area contributed by atoms with Gasteiger partial charge in [-0.2, -0.15) is 13.2 Å². The molecule has 1 amide bonds. The van der Waals surface area contributed by atoms with Gasteiger partial charge in [-0.3, -0.25) is 14.9 Å². The molecule has 2 aromatic heterocycles. The molecule has 7 nitrogen and oxygen atoms in total. The zero-order valence-electron chi connectivity index (χ0n) is 21.7. The molecule has 0 saturated carbocycles. The van der Waals surface area contributed by atoms with E-state index in [2.05, 4.69) is 15.3 Å². The number of pyridine rings is 1. The number of rotatable bonds is 7. The van der Waals surface area contributed by atoms with Crippen LogP contribution in [-0.4, -0.2) is 40.0 Å². The molecule has 1 aliphatic heterocycles. The number of thiazole rings is 1. The highest BCUT2D eigenvalue weighted by atomic mass is 35.5. The molecule has 0 aliphatic carbocycles. The summed E-state index contributed by atoms with van der Waals surface area (Å²) in [7, 11) is 0. The SMILES string of the molecule is O=C(Nc1nc(-c2cccc(C(F)(F)F)c2F)cs1)c1cnc(N2CCC(C(C(=O)O)c3ccccc3)CC2)c(Cl)c1. The first-order valence-corrected chi connectivity index (χ1v) is 14.1. The summed E-state index contributed by atoms with van der Waals surface area (Å²) in [5.74, 6) is -3.11. The lowest BCUT2D eigenvalue weighted by Crippen LogP contribution is -2.38. The van der Waals surface area contributed by atoms with Gasteiger partial charge in [-0.15, -0.1) is 11.3 Å². The maximum Gasteiger partial charge on any atom is 0.419 e. The summed E-state index contributed by atoms with van der Waals surface area (Å²) in [6.07, 6.45) is -2.28. The van der Waals surface area contributed by atoms with Crippen LogP contribution in [0.1, 0.15) is 40.2 Å². The standard InChI is InChI=1S/C29H23ClF4N4O3S/c30-21-13-18(26(39)37-28-36-22(15-42-28)19-7-4-8-20(24(19)31)29(32,33)34)14-35-25(21)38-11-9-17(10-12-38)23(27(40)41)16-5-2-1-3-6-16/h1-8,13-15,17,23H,9-12H2,(H,40,41)(H,36,37,39). The normalized spacial score (nSPS) is 14.9. The molecule has 1 fully saturated rings. The van der Waals surface area contributed by atoms with Gasteiger partial charge in [0.15, 0.2) is 5.13 Å². The van der Waals surface area contributed by atoms with Gasteiger partial charge in [-0.25, -0.2) is 14.4 Å². The number of amides is 1. The van der Waals surface area contributed by atoms with Crippen molar-refractivity contribution in [1.82, 2.24) is 9.97 Å². The van der Waals surface area contributed by atoms with E-state index < -0.39 is 35.4 Å². The van der Waals surface area contributed by atoms with Crippen LogP contribution < -0.4 is 10.2 Å². The molecule has 3 heterocycles. The van der Waals surface area contributed by atoms with Crippen LogP contribution in [0.4, 0.5) is 28.5 Å². The van der Waals surface area contributed by atoms with Crippen molar-refractivity contribution in [3.05, 3.63) is 93.7 Å². The summed E-state index contributed by atoms with van der Waals surface area (Å²) in [6, 6.07) is 13.5. The van der Waals surface area contributed by atoms with Gasteiger partial charge in [0.05, 0.1) is 27.8 Å². The van der Waals surface area contributed by atoms with Gasteiger partial charge < -0.3 is 10.0 Å². The van der Waals surface area contributed by atoms with Crippen molar-refractivity contribution in [3.8, 4) is 11.3 Å². The topological polar surface area (TPSA) is 95.4 Å². The number of hydrogen-bond donors (Lipinski definition) is 2. The first kappa shape index (κ1) is 29.5. The van der Waals surface area contributed by atoms with E-state index in [1.165, 1.54) is 23.7 Å². The molecule has 2 N–H and O–H groups in total. The summed E-state index contributed by atoms with van der Waals surface area (Å²) < 4.78 is 53.7. The quantitative estimate of drug-likeness (QED) is 0.210. The van der Waals surface area contributed by atoms with Crippen molar-refractivity contribution in [2.75, 3.05) is 23.3 Å². The van der Waals surface area contributed by atoms with E-state index in [0.29, 0.717) is 37.8 Å². The van der Waals surface area contributed by atoms with Crippen LogP contribution in [0.3, 0.4) is 0 Å². The first-order valence-electron chi connectivity index (χ1n) is 12.8. The summed E-state index contributed by atoms with van der Waals surface area (Å²) in [5, 5.41) is 14.0. The number of piperidine rings is 1. The number of nitrogens with zero attached hydrogens (tertiary/aromatic N) is 3. The molecular formula is C29H23ClF4N4O3S. The van der Waals surface area contributed by atoms with Gasteiger partial charge in [-0.05, 0) is 42.5 Å². The lowest BCUT2D eigenvalue weighted by atomic mass is 9.80. The Hall–Kier alpha value is -4.03. The van der Waals surface area contributed by atoms with E-state index in [4.69, 9.17) is 11.6 Å². The van der Waals surface area contributed by atoms with Crippen molar-refractivity contribution < 1.29 is 32.3 Å². The van der Waals surface area contributed by atoms with Crippen molar-refractivity contribution in [3.63, 3.8) is 0 Å². The van der Waals surface area contributed by atoms with E-state index in [9.17, 15) is 32.3 Å². The highest BCUT2D eigenvalue weighted by Crippen LogP contribution is 2.37. The zero-order chi connectivity index (χ0) is 30.0. The third kappa shape index (κ3) is 6.24. The second-order valence-electron chi connectivity index (χ2n) is 9.74. The largest absolute Gasteiger partial charge is 0.481 e. The average molecular weight is 619 g/mol. The van der Waals surface area contributed by atoms with Crippen LogP contribution in [-0.2, 0) is 11.0 Å². The fourth-order valence-electron chi connectivity index (χ4n) is 5.08. The Bertz CT molecular complexity index is 1610. The number of halogens is 5. The van der Waals surface area contributed by atoms with Gasteiger partial charge in [0, 0.05) is 30.2 Å². The van der Waals surface area contributed by atoms with Crippen LogP contribution in [0.2, 0.25) is 5.02 Å². The van der Waals surface area contributed by atoms with E-state index in [0.717, 1.165) is 23.0 Å². The fraction of sp³-hybridized carbons (Fsp3) is 0.241. The molecule has 0 radical (unpaired) electrons. The molecule has 13 heteroatoms. The lowest BCUT2D eigenvalue weighted by Gasteiger charge is -2.35. The Kier molecular flexibility index (Phi) is 8.46. The minimum absolute atomic E-state index is 0.0498. The van der Waals surface area contributed by atoms with Crippen molar-refractivity contribution in [2.45, 2.75) is 24.9 Å². The smallest absolute Gasteiger partial charge is 0.419 e. The Morgan fingerprint density at radius 3 is 2.45 bits per heavy atom. The molecule has 0 bridgehead atoms. The number of aromatic nitrogens is 2. The van der Waals surface area contributed by atoms with Crippen LogP contribution in [0.5, 0.6) is 0 Å². The predicted molar refractivity (Wildman–Crippen MR) is 151 cm³/mol. The van der Waals surface area contributed by atoms with Gasteiger partial charge in [-0.1, -0.05) is 48.0 Å². The molecule has 1 unspecified atom stereocenters. The number of hydrogen-bond acceptors (Lipinski definition) is 6. The third-order valence-corrected chi connectivity index (χ3v) is 8.16. The lowest BCUT2D eigenvalue weighted by molar-refractivity contribution is -0.141. The summed E-state index contributed by atoms with van der Waals surface area (Å²) >= 11 is 7.41. The second kappa shape index (κ2) is 12.1. The first-order chi connectivity index (χ1) is 20.0.